The number of nitrogens with one attached hydrogen (secondary N) is 1. The molecular weight excluding hydrogens is 430 g/mol. The molecule has 0 bridgehead atoms. The third kappa shape index (κ3) is 5.23. The minimum absolute atomic E-state index is 0.0741. The second-order valence-corrected chi connectivity index (χ2v) is 9.82. The average molecular weight is 460 g/mol. The Labute approximate surface area is 188 Å². The van der Waals surface area contributed by atoms with E-state index in [1.807, 2.05) is 19.1 Å². The molecule has 0 spiro atoms. The molecular formula is C23H29N3O5S. The number of ether oxygens (including phenoxy) is 1. The van der Waals surface area contributed by atoms with Crippen molar-refractivity contribution in [2.75, 3.05) is 20.2 Å². The predicted molar refractivity (Wildman–Crippen MR) is 120 cm³/mol. The van der Waals surface area contributed by atoms with E-state index >= 15 is 0 Å². The number of hydrogen-bond donors (Lipinski definition) is 1. The second kappa shape index (κ2) is 9.89. The summed E-state index contributed by atoms with van der Waals surface area (Å²) in [6.07, 6.45) is 6.33. The van der Waals surface area contributed by atoms with Crippen LogP contribution in [0.2, 0.25) is 0 Å². The summed E-state index contributed by atoms with van der Waals surface area (Å²) in [5.41, 5.74) is 1.35. The maximum absolute atomic E-state index is 13.1. The third-order valence-corrected chi connectivity index (χ3v) is 7.32. The molecule has 1 aliphatic carbocycles. The molecule has 32 heavy (non-hydrogen) atoms. The van der Waals surface area contributed by atoms with Gasteiger partial charge in [0.2, 0.25) is 10.0 Å². The Balaban J connectivity index is 1.48. The van der Waals surface area contributed by atoms with Crippen molar-refractivity contribution in [1.29, 1.82) is 0 Å². The smallest absolute Gasteiger partial charge is 0.244 e. The second-order valence-electron chi connectivity index (χ2n) is 8.08. The van der Waals surface area contributed by atoms with E-state index in [0.29, 0.717) is 30.5 Å². The summed E-state index contributed by atoms with van der Waals surface area (Å²) in [4.78, 5) is 2.38. The van der Waals surface area contributed by atoms with E-state index in [2.05, 4.69) is 14.8 Å². The highest BCUT2D eigenvalue weighted by atomic mass is 32.2. The van der Waals surface area contributed by atoms with Gasteiger partial charge in [0.1, 0.15) is 16.4 Å². The number of benzene rings is 1. The van der Waals surface area contributed by atoms with Crippen LogP contribution in [-0.2, 0) is 16.6 Å². The van der Waals surface area contributed by atoms with Gasteiger partial charge in [-0.3, -0.25) is 4.90 Å². The van der Waals surface area contributed by atoms with Crippen LogP contribution in [-0.4, -0.2) is 44.7 Å². The van der Waals surface area contributed by atoms with Crippen LogP contribution in [0.15, 0.2) is 56.5 Å². The fraction of sp³-hybridized carbons (Fsp3) is 0.435. The van der Waals surface area contributed by atoms with Crippen molar-refractivity contribution in [3.8, 4) is 17.1 Å². The predicted octanol–water partition coefficient (Wildman–Crippen LogP) is 3.97. The first-order valence-corrected chi connectivity index (χ1v) is 12.3. The molecule has 8 nitrogen and oxygen atoms in total. The molecule has 0 saturated heterocycles. The highest BCUT2D eigenvalue weighted by Gasteiger charge is 2.25. The molecule has 2 aromatic heterocycles. The molecule has 1 aliphatic rings. The van der Waals surface area contributed by atoms with E-state index in [0.717, 1.165) is 24.3 Å². The van der Waals surface area contributed by atoms with Gasteiger partial charge in [0.05, 0.1) is 25.6 Å². The molecule has 1 saturated carbocycles. The van der Waals surface area contributed by atoms with Crippen LogP contribution in [0, 0.1) is 6.92 Å². The van der Waals surface area contributed by atoms with Gasteiger partial charge >= 0.3 is 0 Å². The van der Waals surface area contributed by atoms with E-state index < -0.39 is 10.0 Å². The molecule has 0 aliphatic heterocycles. The molecule has 1 fully saturated rings. The molecule has 4 rings (SSSR count). The fourth-order valence-corrected chi connectivity index (χ4v) is 5.42. The highest BCUT2D eigenvalue weighted by Crippen LogP contribution is 2.30. The Morgan fingerprint density at radius 1 is 1.22 bits per heavy atom. The van der Waals surface area contributed by atoms with Crippen LogP contribution in [0.4, 0.5) is 0 Å². The van der Waals surface area contributed by atoms with Crippen LogP contribution < -0.4 is 9.46 Å². The summed E-state index contributed by atoms with van der Waals surface area (Å²) < 4.78 is 45.2. The summed E-state index contributed by atoms with van der Waals surface area (Å²) in [5, 5.41) is 3.88. The van der Waals surface area contributed by atoms with Gasteiger partial charge < -0.3 is 13.7 Å². The summed E-state index contributed by atoms with van der Waals surface area (Å²) in [5.74, 6) is 1.67. The standard InChI is InChI=1S/C23H29N3O5S/c1-17-14-22(31-25-17)18-9-10-21(29-2)23(15-18)32(27,28)24-11-12-26(19-6-3-4-7-19)16-20-8-5-13-30-20/h5,8-10,13-15,19,24H,3-4,6-7,11-12,16H2,1-2H3. The normalized spacial score (nSPS) is 15.0. The zero-order valence-electron chi connectivity index (χ0n) is 18.4. The molecule has 1 N–H and O–H groups in total. The molecule has 1 aromatic carbocycles. The van der Waals surface area contributed by atoms with Gasteiger partial charge in [-0.15, -0.1) is 0 Å². The number of hydrogen-bond acceptors (Lipinski definition) is 7. The van der Waals surface area contributed by atoms with Gasteiger partial charge in [-0.05, 0) is 50.1 Å². The maximum atomic E-state index is 13.1. The van der Waals surface area contributed by atoms with Gasteiger partial charge in [-0.25, -0.2) is 13.1 Å². The number of aryl methyl sites for hydroxylation is 1. The minimum atomic E-state index is -3.80. The monoisotopic (exact) mass is 459 g/mol. The Bertz CT molecular complexity index is 1120. The van der Waals surface area contributed by atoms with Crippen molar-refractivity contribution in [2.24, 2.45) is 0 Å². The average Bonchev–Trinajstić information content (AvgIpc) is 3.55. The van der Waals surface area contributed by atoms with Crippen molar-refractivity contribution in [1.82, 2.24) is 14.8 Å². The first kappa shape index (κ1) is 22.6. The molecule has 0 amide bonds. The lowest BCUT2D eigenvalue weighted by molar-refractivity contribution is 0.179. The van der Waals surface area contributed by atoms with Crippen molar-refractivity contribution < 1.29 is 22.1 Å². The molecule has 2 heterocycles. The number of sulfonamides is 1. The lowest BCUT2D eigenvalue weighted by atomic mass is 10.1. The van der Waals surface area contributed by atoms with Crippen molar-refractivity contribution in [3.05, 3.63) is 54.1 Å². The first-order valence-electron chi connectivity index (χ1n) is 10.8. The fourth-order valence-electron chi connectivity index (χ4n) is 4.20. The van der Waals surface area contributed by atoms with Crippen LogP contribution in [0.1, 0.15) is 37.1 Å². The van der Waals surface area contributed by atoms with Gasteiger partial charge in [0.15, 0.2) is 5.76 Å². The highest BCUT2D eigenvalue weighted by molar-refractivity contribution is 7.89. The molecule has 3 aromatic rings. The van der Waals surface area contributed by atoms with Crippen LogP contribution in [0.5, 0.6) is 5.75 Å². The molecule has 9 heteroatoms. The molecule has 0 atom stereocenters. The van der Waals surface area contributed by atoms with E-state index in [4.69, 9.17) is 13.7 Å². The summed E-state index contributed by atoms with van der Waals surface area (Å²) >= 11 is 0. The topological polar surface area (TPSA) is 97.8 Å². The lowest BCUT2D eigenvalue weighted by Gasteiger charge is -2.28. The van der Waals surface area contributed by atoms with Crippen LogP contribution >= 0.6 is 0 Å². The Hall–Kier alpha value is -2.62. The van der Waals surface area contributed by atoms with Gasteiger partial charge in [0, 0.05) is 30.8 Å². The van der Waals surface area contributed by atoms with E-state index in [1.165, 1.54) is 20.0 Å². The SMILES string of the molecule is COc1ccc(-c2cc(C)no2)cc1S(=O)(=O)NCCN(Cc1ccco1)C1CCCC1. The van der Waals surface area contributed by atoms with Crippen molar-refractivity contribution >= 4 is 10.0 Å². The van der Waals surface area contributed by atoms with Crippen LogP contribution in [0.3, 0.4) is 0 Å². The Morgan fingerprint density at radius 3 is 2.69 bits per heavy atom. The molecule has 0 unspecified atom stereocenters. The maximum Gasteiger partial charge on any atom is 0.244 e. The minimum Gasteiger partial charge on any atom is -0.495 e. The lowest BCUT2D eigenvalue weighted by Crippen LogP contribution is -2.39. The third-order valence-electron chi connectivity index (χ3n) is 5.84. The van der Waals surface area contributed by atoms with E-state index in [-0.39, 0.29) is 17.2 Å². The number of methoxy groups -OCH3 is 1. The van der Waals surface area contributed by atoms with E-state index in [9.17, 15) is 8.42 Å². The number of furan rings is 1. The number of rotatable bonds is 10. The van der Waals surface area contributed by atoms with Crippen LogP contribution in [0.25, 0.3) is 11.3 Å². The summed E-state index contributed by atoms with van der Waals surface area (Å²) in [6, 6.07) is 11.0. The van der Waals surface area contributed by atoms with Gasteiger partial charge in [0.25, 0.3) is 0 Å². The molecule has 172 valence electrons. The van der Waals surface area contributed by atoms with Crippen molar-refractivity contribution in [2.45, 2.75) is 50.1 Å². The quantitative estimate of drug-likeness (QED) is 0.490. The van der Waals surface area contributed by atoms with E-state index in [1.54, 1.807) is 30.5 Å². The molecule has 0 radical (unpaired) electrons. The Kier molecular flexibility index (Phi) is 6.98. The first-order chi connectivity index (χ1) is 15.5. The summed E-state index contributed by atoms with van der Waals surface area (Å²) in [7, 11) is -2.34. The number of nitrogens with zero attached hydrogens (tertiary/aromatic N) is 2. The number of aromatic nitrogens is 1. The summed E-state index contributed by atoms with van der Waals surface area (Å²) in [6.45, 7) is 3.36. The zero-order valence-corrected chi connectivity index (χ0v) is 19.2. The largest absolute Gasteiger partial charge is 0.495 e. The van der Waals surface area contributed by atoms with Gasteiger partial charge in [-0.2, -0.15) is 0 Å². The van der Waals surface area contributed by atoms with Crippen molar-refractivity contribution in [3.63, 3.8) is 0 Å². The van der Waals surface area contributed by atoms with Gasteiger partial charge in [-0.1, -0.05) is 18.0 Å². The zero-order chi connectivity index (χ0) is 22.6. The Morgan fingerprint density at radius 2 is 2.03 bits per heavy atom.